The van der Waals surface area contributed by atoms with Gasteiger partial charge in [-0.1, -0.05) is 30.3 Å². The van der Waals surface area contributed by atoms with E-state index in [1.165, 1.54) is 4.90 Å². The smallest absolute Gasteiger partial charge is 0.322 e. The van der Waals surface area contributed by atoms with Crippen LogP contribution in [0.5, 0.6) is 5.75 Å². The van der Waals surface area contributed by atoms with E-state index < -0.39 is 17.5 Å². The van der Waals surface area contributed by atoms with Crippen molar-refractivity contribution in [2.45, 2.75) is 25.9 Å². The molecule has 37 heavy (non-hydrogen) atoms. The number of imide groups is 1. The average molecular weight is 500 g/mol. The number of nitrogens with one attached hydrogen (secondary N) is 2. The van der Waals surface area contributed by atoms with Crippen molar-refractivity contribution in [1.29, 1.82) is 0 Å². The second kappa shape index (κ2) is 9.02. The van der Waals surface area contributed by atoms with E-state index in [4.69, 9.17) is 9.84 Å². The van der Waals surface area contributed by atoms with E-state index in [0.717, 1.165) is 28.1 Å². The molecule has 2 aliphatic heterocycles. The molecule has 3 N–H and O–H groups in total. The molecule has 10 nitrogen and oxygen atoms in total. The molecule has 0 radical (unpaired) electrons. The fourth-order valence-electron chi connectivity index (χ4n) is 5.01. The lowest BCUT2D eigenvalue weighted by Gasteiger charge is -2.31. The third-order valence-corrected chi connectivity index (χ3v) is 6.90. The van der Waals surface area contributed by atoms with Crippen LogP contribution in [0.3, 0.4) is 0 Å². The summed E-state index contributed by atoms with van der Waals surface area (Å²) in [6.07, 6.45) is 1.77. The Morgan fingerprint density at radius 2 is 1.89 bits per heavy atom. The van der Waals surface area contributed by atoms with Gasteiger partial charge in [0.05, 0.1) is 12.2 Å². The second-order valence-corrected chi connectivity index (χ2v) is 9.12. The van der Waals surface area contributed by atoms with Crippen molar-refractivity contribution >= 4 is 17.8 Å². The second-order valence-electron chi connectivity index (χ2n) is 9.12. The van der Waals surface area contributed by atoms with Crippen LogP contribution in [-0.4, -0.2) is 50.8 Å². The lowest BCUT2D eigenvalue weighted by atomic mass is 9.88. The van der Waals surface area contributed by atoms with Crippen LogP contribution in [0.2, 0.25) is 0 Å². The van der Waals surface area contributed by atoms with Crippen LogP contribution in [0.4, 0.5) is 4.79 Å². The topological polar surface area (TPSA) is 126 Å². The summed E-state index contributed by atoms with van der Waals surface area (Å²) in [4.78, 5) is 40.2. The molecule has 1 aromatic heterocycles. The standard InChI is InChI=1S/C27H25N5O5/c1-16-23(17(2)31(3)30-16)18-5-8-20(9-6-18)27(25(35)28-26(36)29-27)15-32-14-19-7-10-21(37-12-4-11-33)13-22(19)24(32)34/h5-10,13,33H,12,14-15H2,1-3H3,(H2,28,29,35,36). The number of amides is 4. The maximum absolute atomic E-state index is 13.3. The molecule has 1 unspecified atom stereocenters. The summed E-state index contributed by atoms with van der Waals surface area (Å²) < 4.78 is 7.26. The normalized spacial score (nSPS) is 18.2. The zero-order valence-electron chi connectivity index (χ0n) is 20.6. The summed E-state index contributed by atoms with van der Waals surface area (Å²) in [5, 5.41) is 18.2. The molecule has 0 saturated carbocycles. The number of ether oxygens (including phenoxy) is 1. The van der Waals surface area contributed by atoms with Gasteiger partial charge in [0.2, 0.25) is 0 Å². The Kier molecular flexibility index (Phi) is 5.84. The van der Waals surface area contributed by atoms with E-state index in [-0.39, 0.29) is 25.6 Å². The molecule has 1 saturated heterocycles. The van der Waals surface area contributed by atoms with E-state index in [1.54, 1.807) is 36.4 Å². The quantitative estimate of drug-likeness (QED) is 0.352. The van der Waals surface area contributed by atoms with Crippen molar-refractivity contribution < 1.29 is 24.2 Å². The average Bonchev–Trinajstić information content (AvgIpc) is 3.44. The monoisotopic (exact) mass is 499 g/mol. The van der Waals surface area contributed by atoms with Gasteiger partial charge in [0, 0.05) is 30.4 Å². The first kappa shape index (κ1) is 23.9. The van der Waals surface area contributed by atoms with E-state index in [2.05, 4.69) is 21.7 Å². The third-order valence-electron chi connectivity index (χ3n) is 6.90. The van der Waals surface area contributed by atoms with Gasteiger partial charge in [0.25, 0.3) is 11.8 Å². The lowest BCUT2D eigenvalue weighted by molar-refractivity contribution is -0.124. The maximum atomic E-state index is 13.3. The van der Waals surface area contributed by atoms with Crippen LogP contribution in [-0.2, 0) is 23.9 Å². The molecule has 4 amide bonds. The van der Waals surface area contributed by atoms with Crippen LogP contribution in [0, 0.1) is 25.9 Å². The molecular weight excluding hydrogens is 474 g/mol. The predicted molar refractivity (Wildman–Crippen MR) is 133 cm³/mol. The van der Waals surface area contributed by atoms with Gasteiger partial charge in [-0.05, 0) is 48.6 Å². The summed E-state index contributed by atoms with van der Waals surface area (Å²) in [6, 6.07) is 11.9. The highest BCUT2D eigenvalue weighted by atomic mass is 16.5. The number of carbonyl (C=O) groups excluding carboxylic acids is 3. The number of fused-ring (bicyclic) bond motifs is 1. The Labute approximate surface area is 213 Å². The van der Waals surface area contributed by atoms with E-state index in [1.807, 2.05) is 37.7 Å². The highest BCUT2D eigenvalue weighted by Gasteiger charge is 2.50. The number of aryl methyl sites for hydroxylation is 2. The molecule has 10 heteroatoms. The molecule has 2 aliphatic rings. The van der Waals surface area contributed by atoms with Gasteiger partial charge in [-0.2, -0.15) is 5.10 Å². The number of aromatic nitrogens is 2. The fraction of sp³-hybridized carbons (Fsp3) is 0.259. The van der Waals surface area contributed by atoms with E-state index >= 15 is 0 Å². The number of nitrogens with zero attached hydrogens (tertiary/aromatic N) is 3. The van der Waals surface area contributed by atoms with Crippen molar-refractivity contribution in [3.05, 3.63) is 70.5 Å². The van der Waals surface area contributed by atoms with Gasteiger partial charge >= 0.3 is 6.03 Å². The highest BCUT2D eigenvalue weighted by Crippen LogP contribution is 2.34. The summed E-state index contributed by atoms with van der Waals surface area (Å²) >= 11 is 0. The largest absolute Gasteiger partial charge is 0.481 e. The molecule has 3 aromatic rings. The van der Waals surface area contributed by atoms with Gasteiger partial charge in [0.15, 0.2) is 12.1 Å². The molecule has 5 rings (SSSR count). The van der Waals surface area contributed by atoms with Gasteiger partial charge in [-0.3, -0.25) is 19.6 Å². The van der Waals surface area contributed by atoms with Crippen LogP contribution >= 0.6 is 0 Å². The molecule has 0 aliphatic carbocycles. The highest BCUT2D eigenvalue weighted by molar-refractivity contribution is 6.08. The maximum Gasteiger partial charge on any atom is 0.322 e. The number of benzene rings is 2. The third kappa shape index (κ3) is 4.04. The minimum absolute atomic E-state index is 0.0173. The number of aliphatic hydroxyl groups excluding tert-OH is 1. The summed E-state index contributed by atoms with van der Waals surface area (Å²) in [5.74, 6) is 2.03. The zero-order chi connectivity index (χ0) is 26.3. The zero-order valence-corrected chi connectivity index (χ0v) is 20.6. The van der Waals surface area contributed by atoms with Gasteiger partial charge in [0.1, 0.15) is 11.9 Å². The first-order valence-electron chi connectivity index (χ1n) is 11.6. The Morgan fingerprint density at radius 1 is 1.14 bits per heavy atom. The fourth-order valence-corrected chi connectivity index (χ4v) is 5.01. The molecule has 2 aromatic carbocycles. The molecule has 1 fully saturated rings. The van der Waals surface area contributed by atoms with Crippen LogP contribution in [0.1, 0.15) is 32.9 Å². The summed E-state index contributed by atoms with van der Waals surface area (Å²) in [6.45, 7) is 4.14. The van der Waals surface area contributed by atoms with Crippen LogP contribution in [0.15, 0.2) is 42.5 Å². The Morgan fingerprint density at radius 3 is 2.51 bits per heavy atom. The van der Waals surface area contributed by atoms with Gasteiger partial charge in [-0.25, -0.2) is 4.79 Å². The summed E-state index contributed by atoms with van der Waals surface area (Å²) in [7, 11) is 1.89. The number of aliphatic hydroxyl groups is 1. The molecule has 3 heterocycles. The Bertz CT molecular complexity index is 1500. The summed E-state index contributed by atoms with van der Waals surface area (Å²) in [5.41, 5.74) is 4.21. The Balaban J connectivity index is 1.44. The van der Waals surface area contributed by atoms with Crippen molar-refractivity contribution in [2.24, 2.45) is 7.05 Å². The molecule has 1 atom stereocenters. The van der Waals surface area contributed by atoms with Crippen molar-refractivity contribution in [1.82, 2.24) is 25.3 Å². The Hall–Kier alpha value is -4.78. The number of urea groups is 1. The molecule has 0 spiro atoms. The SMILES string of the molecule is Cc1nn(C)c(C)c1-c1ccc(C2(CN3Cc4ccc(OCC#CO)cc4C3=O)NC(=O)NC2=O)cc1. The lowest BCUT2D eigenvalue weighted by Crippen LogP contribution is -2.52. The number of hydrogen-bond acceptors (Lipinski definition) is 6. The first-order chi connectivity index (χ1) is 17.7. The van der Waals surface area contributed by atoms with E-state index in [0.29, 0.717) is 16.9 Å². The molecule has 188 valence electrons. The van der Waals surface area contributed by atoms with Gasteiger partial charge in [-0.15, -0.1) is 0 Å². The molecular formula is C27H25N5O5. The minimum Gasteiger partial charge on any atom is -0.481 e. The molecule has 0 bridgehead atoms. The van der Waals surface area contributed by atoms with Gasteiger partial charge < -0.3 is 20.1 Å². The number of hydrogen-bond donors (Lipinski definition) is 3. The number of rotatable bonds is 6. The first-order valence-corrected chi connectivity index (χ1v) is 11.6. The van der Waals surface area contributed by atoms with Crippen LogP contribution in [0.25, 0.3) is 11.1 Å². The predicted octanol–water partition coefficient (Wildman–Crippen LogP) is 2.11. The minimum atomic E-state index is -1.44. The van der Waals surface area contributed by atoms with Crippen molar-refractivity contribution in [2.75, 3.05) is 13.2 Å². The number of carbonyl (C=O) groups is 3. The van der Waals surface area contributed by atoms with Crippen molar-refractivity contribution in [3.63, 3.8) is 0 Å². The van der Waals surface area contributed by atoms with E-state index in [9.17, 15) is 14.4 Å². The van der Waals surface area contributed by atoms with Crippen LogP contribution < -0.4 is 15.4 Å². The van der Waals surface area contributed by atoms with Crippen molar-refractivity contribution in [3.8, 4) is 28.9 Å².